The highest BCUT2D eigenvalue weighted by Crippen LogP contribution is 2.32. The zero-order valence-electron chi connectivity index (χ0n) is 18.6. The predicted molar refractivity (Wildman–Crippen MR) is 127 cm³/mol. The van der Waals surface area contributed by atoms with E-state index in [0.717, 1.165) is 36.0 Å². The number of hydrogen-bond donors (Lipinski definition) is 2. The SMILES string of the molecule is O=C(O)COc1cccc2c1CCC(CNC(=O)CC(c1ccccc1)c1ccccc1)C2. The molecular weight excluding hydrogens is 414 g/mol. The van der Waals surface area contributed by atoms with Crippen molar-refractivity contribution < 1.29 is 19.4 Å². The molecule has 170 valence electrons. The van der Waals surface area contributed by atoms with Crippen LogP contribution in [0.3, 0.4) is 0 Å². The maximum Gasteiger partial charge on any atom is 0.341 e. The molecule has 0 bridgehead atoms. The van der Waals surface area contributed by atoms with E-state index < -0.39 is 5.97 Å². The fourth-order valence-corrected chi connectivity index (χ4v) is 4.61. The minimum absolute atomic E-state index is 0.0217. The Morgan fingerprint density at radius 1 is 0.939 bits per heavy atom. The van der Waals surface area contributed by atoms with E-state index in [4.69, 9.17) is 9.84 Å². The number of nitrogens with one attached hydrogen (secondary N) is 1. The van der Waals surface area contributed by atoms with Crippen molar-refractivity contribution >= 4 is 11.9 Å². The molecule has 1 unspecified atom stereocenters. The monoisotopic (exact) mass is 443 g/mol. The third kappa shape index (κ3) is 6.01. The number of aliphatic carboxylic acids is 1. The van der Waals surface area contributed by atoms with Crippen molar-refractivity contribution in [3.05, 3.63) is 101 Å². The van der Waals surface area contributed by atoms with Crippen LogP contribution in [-0.4, -0.2) is 30.1 Å². The first-order valence-corrected chi connectivity index (χ1v) is 11.4. The van der Waals surface area contributed by atoms with Crippen molar-refractivity contribution in [3.63, 3.8) is 0 Å². The largest absolute Gasteiger partial charge is 0.482 e. The van der Waals surface area contributed by atoms with Gasteiger partial charge < -0.3 is 15.2 Å². The molecule has 5 nitrogen and oxygen atoms in total. The molecule has 4 rings (SSSR count). The van der Waals surface area contributed by atoms with E-state index in [2.05, 4.69) is 35.6 Å². The van der Waals surface area contributed by atoms with E-state index in [0.29, 0.717) is 24.6 Å². The van der Waals surface area contributed by atoms with Crippen LogP contribution >= 0.6 is 0 Å². The molecule has 3 aromatic carbocycles. The molecule has 0 saturated heterocycles. The van der Waals surface area contributed by atoms with Gasteiger partial charge in [-0.3, -0.25) is 4.79 Å². The molecule has 0 aromatic heterocycles. The Morgan fingerprint density at radius 2 is 1.61 bits per heavy atom. The molecule has 2 N–H and O–H groups in total. The standard InChI is InChI=1S/C28H29NO4/c30-27(17-25(21-8-3-1-4-9-21)22-10-5-2-6-11-22)29-18-20-14-15-24-23(16-20)12-7-13-26(24)33-19-28(31)32/h1-13,20,25H,14-19H2,(H,29,30)(H,31,32). The number of fused-ring (bicyclic) bond motifs is 1. The molecular formula is C28H29NO4. The number of benzene rings is 3. The Morgan fingerprint density at radius 3 is 2.24 bits per heavy atom. The first-order valence-electron chi connectivity index (χ1n) is 11.4. The van der Waals surface area contributed by atoms with Gasteiger partial charge in [0.2, 0.25) is 5.91 Å². The van der Waals surface area contributed by atoms with Gasteiger partial charge in [0.05, 0.1) is 0 Å². The highest BCUT2D eigenvalue weighted by Gasteiger charge is 2.23. The second kappa shape index (κ2) is 10.8. The van der Waals surface area contributed by atoms with Gasteiger partial charge >= 0.3 is 5.97 Å². The van der Waals surface area contributed by atoms with Crippen LogP contribution in [0, 0.1) is 5.92 Å². The van der Waals surface area contributed by atoms with Gasteiger partial charge in [-0.25, -0.2) is 4.79 Å². The van der Waals surface area contributed by atoms with E-state index >= 15 is 0 Å². The average Bonchev–Trinajstić information content (AvgIpc) is 2.85. The average molecular weight is 444 g/mol. The summed E-state index contributed by atoms with van der Waals surface area (Å²) in [6.07, 6.45) is 3.01. The lowest BCUT2D eigenvalue weighted by Gasteiger charge is -2.26. The summed E-state index contributed by atoms with van der Waals surface area (Å²) in [6.45, 7) is 0.300. The molecule has 0 aliphatic heterocycles. The third-order valence-corrected chi connectivity index (χ3v) is 6.27. The zero-order chi connectivity index (χ0) is 23.0. The molecule has 1 atom stereocenters. The number of carboxylic acids is 1. The van der Waals surface area contributed by atoms with Crippen molar-refractivity contribution in [2.24, 2.45) is 5.92 Å². The topological polar surface area (TPSA) is 75.6 Å². The molecule has 3 aromatic rings. The van der Waals surface area contributed by atoms with Gasteiger partial charge in [0.1, 0.15) is 5.75 Å². The number of ether oxygens (including phenoxy) is 1. The summed E-state index contributed by atoms with van der Waals surface area (Å²) in [5, 5.41) is 12.0. The molecule has 0 radical (unpaired) electrons. The van der Waals surface area contributed by atoms with Crippen LogP contribution in [0.2, 0.25) is 0 Å². The highest BCUT2D eigenvalue weighted by molar-refractivity contribution is 5.77. The zero-order valence-corrected chi connectivity index (χ0v) is 18.6. The van der Waals surface area contributed by atoms with Gasteiger partial charge in [0, 0.05) is 18.9 Å². The van der Waals surface area contributed by atoms with Crippen molar-refractivity contribution in [1.29, 1.82) is 0 Å². The Kier molecular flexibility index (Phi) is 7.40. The minimum atomic E-state index is -0.978. The van der Waals surface area contributed by atoms with Gasteiger partial charge in [-0.05, 0) is 53.5 Å². The van der Waals surface area contributed by atoms with Gasteiger partial charge in [0.15, 0.2) is 6.61 Å². The fraction of sp³-hybridized carbons (Fsp3) is 0.286. The lowest BCUT2D eigenvalue weighted by molar-refractivity contribution is -0.139. The third-order valence-electron chi connectivity index (χ3n) is 6.27. The number of rotatable bonds is 9. The predicted octanol–water partition coefficient (Wildman–Crippen LogP) is 4.59. The van der Waals surface area contributed by atoms with Crippen LogP contribution in [0.5, 0.6) is 5.75 Å². The lowest BCUT2D eigenvalue weighted by Crippen LogP contribution is -2.33. The van der Waals surface area contributed by atoms with E-state index in [9.17, 15) is 9.59 Å². The smallest absolute Gasteiger partial charge is 0.341 e. The fourth-order valence-electron chi connectivity index (χ4n) is 4.61. The van der Waals surface area contributed by atoms with Crippen LogP contribution in [0.25, 0.3) is 0 Å². The molecule has 0 saturated carbocycles. The molecule has 1 amide bonds. The lowest BCUT2D eigenvalue weighted by atomic mass is 9.83. The highest BCUT2D eigenvalue weighted by atomic mass is 16.5. The first kappa shape index (κ1) is 22.6. The number of carbonyl (C=O) groups excluding carboxylic acids is 1. The normalized spacial score (nSPS) is 15.0. The quantitative estimate of drug-likeness (QED) is 0.507. The van der Waals surface area contributed by atoms with Crippen molar-refractivity contribution in [2.75, 3.05) is 13.2 Å². The Labute approximate surface area is 194 Å². The number of carbonyl (C=O) groups is 2. The van der Waals surface area contributed by atoms with Gasteiger partial charge in [-0.15, -0.1) is 0 Å². The van der Waals surface area contributed by atoms with E-state index in [1.807, 2.05) is 48.5 Å². The Balaban J connectivity index is 1.36. The van der Waals surface area contributed by atoms with Crippen LogP contribution in [0.15, 0.2) is 78.9 Å². The summed E-state index contributed by atoms with van der Waals surface area (Å²) in [6, 6.07) is 26.1. The van der Waals surface area contributed by atoms with Gasteiger partial charge in [-0.2, -0.15) is 0 Å². The van der Waals surface area contributed by atoms with Crippen molar-refractivity contribution in [2.45, 2.75) is 31.6 Å². The molecule has 0 fully saturated rings. The maximum atomic E-state index is 12.9. The van der Waals surface area contributed by atoms with Crippen LogP contribution in [0.4, 0.5) is 0 Å². The van der Waals surface area contributed by atoms with Gasteiger partial charge in [-0.1, -0.05) is 72.8 Å². The molecule has 33 heavy (non-hydrogen) atoms. The Bertz CT molecular complexity index is 1040. The molecule has 1 aliphatic rings. The second-order valence-corrected chi connectivity index (χ2v) is 8.57. The molecule has 0 spiro atoms. The molecule has 0 heterocycles. The van der Waals surface area contributed by atoms with Gasteiger partial charge in [0.25, 0.3) is 0 Å². The first-order chi connectivity index (χ1) is 16.1. The van der Waals surface area contributed by atoms with Crippen molar-refractivity contribution in [1.82, 2.24) is 5.32 Å². The number of amides is 1. The number of hydrogen-bond acceptors (Lipinski definition) is 3. The second-order valence-electron chi connectivity index (χ2n) is 8.57. The summed E-state index contributed by atoms with van der Waals surface area (Å²) in [4.78, 5) is 23.7. The minimum Gasteiger partial charge on any atom is -0.482 e. The summed E-state index contributed by atoms with van der Waals surface area (Å²) in [5.41, 5.74) is 4.54. The summed E-state index contributed by atoms with van der Waals surface area (Å²) in [7, 11) is 0. The summed E-state index contributed by atoms with van der Waals surface area (Å²) in [5.74, 6) is 0.104. The number of carboxylic acid groups (broad SMARTS) is 1. The molecule has 1 aliphatic carbocycles. The van der Waals surface area contributed by atoms with E-state index in [1.165, 1.54) is 5.56 Å². The molecule has 5 heteroatoms. The summed E-state index contributed by atoms with van der Waals surface area (Å²) < 4.78 is 5.46. The van der Waals surface area contributed by atoms with E-state index in [1.54, 1.807) is 0 Å². The van der Waals surface area contributed by atoms with Crippen molar-refractivity contribution in [3.8, 4) is 5.75 Å². The maximum absolute atomic E-state index is 12.9. The van der Waals surface area contributed by atoms with E-state index in [-0.39, 0.29) is 18.4 Å². The van der Waals surface area contributed by atoms with Crippen LogP contribution < -0.4 is 10.1 Å². The Hall–Kier alpha value is -3.60. The van der Waals surface area contributed by atoms with Crippen LogP contribution in [-0.2, 0) is 22.4 Å². The van der Waals surface area contributed by atoms with Crippen LogP contribution in [0.1, 0.15) is 41.0 Å². The summed E-state index contributed by atoms with van der Waals surface area (Å²) >= 11 is 0.